The summed E-state index contributed by atoms with van der Waals surface area (Å²) < 4.78 is 0. The molecule has 52 valence electrons. The third-order valence-electron chi connectivity index (χ3n) is 0.928. The van der Waals surface area contributed by atoms with Crippen molar-refractivity contribution in [3.8, 4) is 0 Å². The summed E-state index contributed by atoms with van der Waals surface area (Å²) >= 11 is 5.40. The summed E-state index contributed by atoms with van der Waals surface area (Å²) in [5.74, 6) is 0. The van der Waals surface area contributed by atoms with Crippen molar-refractivity contribution in [2.75, 3.05) is 0 Å². The lowest BCUT2D eigenvalue weighted by Crippen LogP contribution is -2.33. The van der Waals surface area contributed by atoms with Gasteiger partial charge in [-0.3, -0.25) is 4.79 Å². The molecule has 0 saturated carbocycles. The average Bonchev–Trinajstić information content (AvgIpc) is 1.62. The van der Waals surface area contributed by atoms with Crippen LogP contribution < -0.4 is 0 Å². The number of carbonyl (C=O) groups excluding carboxylic acids is 1. The Morgan fingerprint density at radius 3 is 1.78 bits per heavy atom. The molecule has 9 heavy (non-hydrogen) atoms. The smallest absolute Gasteiger partial charge is 0.150 e. The molecule has 0 rings (SSSR count). The summed E-state index contributed by atoms with van der Waals surface area (Å²) in [5.41, 5.74) is 0. The number of halogens is 1. The molecule has 0 amide bonds. The van der Waals surface area contributed by atoms with Crippen LogP contribution in [0, 0.1) is 0 Å². The van der Waals surface area contributed by atoms with Crippen molar-refractivity contribution in [1.82, 2.24) is 0 Å². The molecule has 0 aliphatic heterocycles. The molecular formula is C6H11ClOSi. The highest BCUT2D eigenvalue weighted by Crippen LogP contribution is 2.10. The molecule has 0 N–H and O–H groups in total. The van der Waals surface area contributed by atoms with Crippen LogP contribution in [0.3, 0.4) is 0 Å². The number of carbonyl (C=O) groups is 1. The molecule has 1 nitrogen and oxygen atoms in total. The maximum absolute atomic E-state index is 11.0. The number of hydrogen-bond donors (Lipinski definition) is 0. The van der Waals surface area contributed by atoms with E-state index in [-0.39, 0.29) is 10.4 Å². The molecule has 0 aromatic heterocycles. The quantitative estimate of drug-likeness (QED) is 0.450. The van der Waals surface area contributed by atoms with Crippen LogP contribution in [-0.4, -0.2) is 13.5 Å². The Kier molecular flexibility index (Phi) is 2.64. The Balaban J connectivity index is 4.23. The lowest BCUT2D eigenvalue weighted by atomic mass is 10.7. The third kappa shape index (κ3) is 2.82. The standard InChI is InChI=1S/C6H11ClOSi/c1-5(7)6(8)9(2,3)4/h1H2,2-4H3. The maximum Gasteiger partial charge on any atom is 0.150 e. The highest BCUT2D eigenvalue weighted by atomic mass is 35.5. The molecule has 3 heteroatoms. The van der Waals surface area contributed by atoms with Gasteiger partial charge < -0.3 is 0 Å². The Labute approximate surface area is 61.7 Å². The van der Waals surface area contributed by atoms with Crippen LogP contribution in [-0.2, 0) is 4.79 Å². The fourth-order valence-corrected chi connectivity index (χ4v) is 2.07. The number of hydrogen-bond acceptors (Lipinski definition) is 1. The van der Waals surface area contributed by atoms with Gasteiger partial charge in [0, 0.05) is 0 Å². The highest BCUT2D eigenvalue weighted by Gasteiger charge is 2.24. The molecule has 0 fully saturated rings. The lowest BCUT2D eigenvalue weighted by molar-refractivity contribution is -0.109. The van der Waals surface area contributed by atoms with E-state index in [0.717, 1.165) is 0 Å². The van der Waals surface area contributed by atoms with Crippen molar-refractivity contribution in [2.45, 2.75) is 19.6 Å². The molecule has 0 spiro atoms. The molecule has 0 aliphatic rings. The summed E-state index contributed by atoms with van der Waals surface area (Å²) in [6.45, 7) is 9.21. The van der Waals surface area contributed by atoms with E-state index in [1.54, 1.807) is 0 Å². The molecule has 0 atom stereocenters. The first-order valence-electron chi connectivity index (χ1n) is 2.75. The summed E-state index contributed by atoms with van der Waals surface area (Å²) in [4.78, 5) is 11.0. The van der Waals surface area contributed by atoms with Gasteiger partial charge in [0.2, 0.25) is 0 Å². The second-order valence-corrected chi connectivity index (χ2v) is 8.39. The van der Waals surface area contributed by atoms with Crippen molar-refractivity contribution >= 4 is 25.1 Å². The van der Waals surface area contributed by atoms with Crippen molar-refractivity contribution in [2.24, 2.45) is 0 Å². The Bertz CT molecular complexity index is 146. The van der Waals surface area contributed by atoms with Gasteiger partial charge in [0.1, 0.15) is 13.5 Å². The van der Waals surface area contributed by atoms with Crippen LogP contribution in [0.1, 0.15) is 0 Å². The topological polar surface area (TPSA) is 17.1 Å². The predicted octanol–water partition coefficient (Wildman–Crippen LogP) is 2.19. The molecule has 0 bridgehead atoms. The predicted molar refractivity (Wildman–Crippen MR) is 43.3 cm³/mol. The molecular weight excluding hydrogens is 152 g/mol. The number of rotatable bonds is 2. The zero-order valence-electron chi connectivity index (χ0n) is 5.99. The van der Waals surface area contributed by atoms with E-state index in [9.17, 15) is 4.79 Å². The average molecular weight is 163 g/mol. The summed E-state index contributed by atoms with van der Waals surface area (Å²) in [7, 11) is -1.69. The van der Waals surface area contributed by atoms with Gasteiger partial charge >= 0.3 is 0 Å². The fraction of sp³-hybridized carbons (Fsp3) is 0.500. The molecule has 0 aliphatic carbocycles. The normalized spacial score (nSPS) is 11.1. The minimum Gasteiger partial charge on any atom is -0.299 e. The van der Waals surface area contributed by atoms with Crippen molar-refractivity contribution in [3.05, 3.63) is 11.6 Å². The van der Waals surface area contributed by atoms with Crippen LogP contribution in [0.5, 0.6) is 0 Å². The summed E-state index contributed by atoms with van der Waals surface area (Å²) in [6.07, 6.45) is 0. The zero-order chi connectivity index (χ0) is 7.65. The first kappa shape index (κ1) is 8.92. The van der Waals surface area contributed by atoms with E-state index in [1.165, 1.54) is 0 Å². The molecule has 0 saturated heterocycles. The first-order chi connectivity index (χ1) is 3.85. The van der Waals surface area contributed by atoms with Crippen LogP contribution >= 0.6 is 11.6 Å². The maximum atomic E-state index is 11.0. The van der Waals surface area contributed by atoms with Gasteiger partial charge in [-0.25, -0.2) is 0 Å². The van der Waals surface area contributed by atoms with Crippen molar-refractivity contribution in [1.29, 1.82) is 0 Å². The van der Waals surface area contributed by atoms with Gasteiger partial charge in [-0.1, -0.05) is 37.8 Å². The van der Waals surface area contributed by atoms with E-state index in [2.05, 4.69) is 6.58 Å². The van der Waals surface area contributed by atoms with Gasteiger partial charge in [0.05, 0.1) is 5.03 Å². The summed E-state index contributed by atoms with van der Waals surface area (Å²) in [6, 6.07) is 0. The molecule has 0 heterocycles. The lowest BCUT2D eigenvalue weighted by Gasteiger charge is -2.11. The third-order valence-corrected chi connectivity index (χ3v) is 2.92. The van der Waals surface area contributed by atoms with Crippen LogP contribution in [0.15, 0.2) is 11.6 Å². The van der Waals surface area contributed by atoms with Crippen LogP contribution in [0.25, 0.3) is 0 Å². The minimum absolute atomic E-state index is 0.0455. The fourth-order valence-electron chi connectivity index (χ4n) is 0.407. The monoisotopic (exact) mass is 162 g/mol. The Morgan fingerprint density at radius 2 is 1.78 bits per heavy atom. The number of allylic oxidation sites excluding steroid dienone is 1. The van der Waals surface area contributed by atoms with Gasteiger partial charge in [-0.15, -0.1) is 0 Å². The Morgan fingerprint density at radius 1 is 1.44 bits per heavy atom. The van der Waals surface area contributed by atoms with E-state index >= 15 is 0 Å². The van der Waals surface area contributed by atoms with Crippen LogP contribution in [0.2, 0.25) is 19.6 Å². The van der Waals surface area contributed by atoms with Crippen LogP contribution in [0.4, 0.5) is 0 Å². The van der Waals surface area contributed by atoms with Gasteiger partial charge in [0.25, 0.3) is 0 Å². The second kappa shape index (κ2) is 2.67. The Hall–Kier alpha value is -0.0831. The minimum atomic E-state index is -1.69. The van der Waals surface area contributed by atoms with Gasteiger partial charge in [-0.2, -0.15) is 0 Å². The van der Waals surface area contributed by atoms with Crippen molar-refractivity contribution in [3.63, 3.8) is 0 Å². The molecule has 0 aromatic rings. The zero-order valence-corrected chi connectivity index (χ0v) is 7.75. The van der Waals surface area contributed by atoms with E-state index in [4.69, 9.17) is 11.6 Å². The SMILES string of the molecule is C=C(Cl)C(=O)[Si](C)(C)C. The van der Waals surface area contributed by atoms with Gasteiger partial charge in [0.15, 0.2) is 0 Å². The largest absolute Gasteiger partial charge is 0.299 e. The van der Waals surface area contributed by atoms with Gasteiger partial charge in [-0.05, 0) is 0 Å². The molecule has 0 aromatic carbocycles. The molecule has 0 unspecified atom stereocenters. The van der Waals surface area contributed by atoms with Crippen molar-refractivity contribution < 1.29 is 4.79 Å². The van der Waals surface area contributed by atoms with E-state index < -0.39 is 8.07 Å². The summed E-state index contributed by atoms with van der Waals surface area (Å²) in [5, 5.41) is 0.221. The second-order valence-electron chi connectivity index (χ2n) is 2.98. The van der Waals surface area contributed by atoms with E-state index in [0.29, 0.717) is 0 Å². The highest BCUT2D eigenvalue weighted by molar-refractivity contribution is 7.07. The molecule has 0 radical (unpaired) electrons. The first-order valence-corrected chi connectivity index (χ1v) is 6.62. The van der Waals surface area contributed by atoms with E-state index in [1.807, 2.05) is 19.6 Å².